The molecule has 1 aromatic heterocycles. The lowest BCUT2D eigenvalue weighted by atomic mass is 10.0. The third-order valence-corrected chi connectivity index (χ3v) is 7.73. The Labute approximate surface area is 205 Å². The summed E-state index contributed by atoms with van der Waals surface area (Å²) in [6.45, 7) is 1.23. The van der Waals surface area contributed by atoms with Gasteiger partial charge in [-0.1, -0.05) is 18.2 Å². The van der Waals surface area contributed by atoms with Crippen molar-refractivity contribution < 1.29 is 18.6 Å². The number of anilines is 1. The third kappa shape index (κ3) is 5.57. The Kier molecular flexibility index (Phi) is 7.57. The van der Waals surface area contributed by atoms with Gasteiger partial charge in [0.15, 0.2) is 4.91 Å². The highest BCUT2D eigenvalue weighted by Gasteiger charge is 2.20. The Morgan fingerprint density at radius 3 is 2.54 bits per heavy atom. The standard InChI is InChI=1S/C26H30N4O4S/c1-29-22(15-25(16-27)35(33,34)28-17-24(32)18-31)9-10-26(29)21-6-5-20-14-23(8-7-19(20)13-21)30-11-3-2-4-12-30/h5-10,13-15,24,28,31-32H,2-4,11-12,17-18H2,1H3. The van der Waals surface area contributed by atoms with Crippen molar-refractivity contribution >= 4 is 32.6 Å². The van der Waals surface area contributed by atoms with Crippen LogP contribution in [0.15, 0.2) is 53.4 Å². The van der Waals surface area contributed by atoms with Gasteiger partial charge in [0.05, 0.1) is 12.7 Å². The van der Waals surface area contributed by atoms with E-state index in [0.29, 0.717) is 5.69 Å². The van der Waals surface area contributed by atoms with Gasteiger partial charge in [-0.05, 0) is 72.0 Å². The first-order valence-electron chi connectivity index (χ1n) is 11.7. The average molecular weight is 495 g/mol. The van der Waals surface area contributed by atoms with Crippen LogP contribution >= 0.6 is 0 Å². The predicted octanol–water partition coefficient (Wildman–Crippen LogP) is 2.97. The van der Waals surface area contributed by atoms with Gasteiger partial charge in [-0.15, -0.1) is 0 Å². The van der Waals surface area contributed by atoms with Crippen LogP contribution in [0.2, 0.25) is 0 Å². The molecule has 0 radical (unpaired) electrons. The van der Waals surface area contributed by atoms with Gasteiger partial charge in [0.25, 0.3) is 10.0 Å². The van der Waals surface area contributed by atoms with Crippen molar-refractivity contribution in [3.8, 4) is 17.3 Å². The number of hydrogen-bond acceptors (Lipinski definition) is 6. The number of sulfonamides is 1. The first kappa shape index (κ1) is 24.9. The van der Waals surface area contributed by atoms with E-state index in [2.05, 4.69) is 40.0 Å². The molecule has 8 nitrogen and oxygen atoms in total. The van der Waals surface area contributed by atoms with Crippen LogP contribution in [0.1, 0.15) is 25.0 Å². The van der Waals surface area contributed by atoms with Gasteiger partial charge >= 0.3 is 0 Å². The van der Waals surface area contributed by atoms with Crippen LogP contribution in [0.5, 0.6) is 0 Å². The molecule has 1 saturated heterocycles. The SMILES string of the molecule is Cn1c(C=C(C#N)S(=O)(=O)NCC(O)CO)ccc1-c1ccc2cc(N3CCCCC3)ccc2c1. The second kappa shape index (κ2) is 10.6. The van der Waals surface area contributed by atoms with Gasteiger partial charge < -0.3 is 19.7 Å². The van der Waals surface area contributed by atoms with Crippen LogP contribution in [0.4, 0.5) is 5.69 Å². The van der Waals surface area contributed by atoms with E-state index in [1.54, 1.807) is 12.1 Å². The van der Waals surface area contributed by atoms with Crippen molar-refractivity contribution in [2.45, 2.75) is 25.4 Å². The molecule has 3 aromatic rings. The van der Waals surface area contributed by atoms with Crippen LogP contribution in [0.3, 0.4) is 0 Å². The molecule has 4 rings (SSSR count). The van der Waals surface area contributed by atoms with Crippen LogP contribution in [0, 0.1) is 11.3 Å². The van der Waals surface area contributed by atoms with E-state index >= 15 is 0 Å². The largest absolute Gasteiger partial charge is 0.394 e. The van der Waals surface area contributed by atoms with Crippen LogP contribution < -0.4 is 9.62 Å². The normalized spacial score (nSPS) is 15.8. The summed E-state index contributed by atoms with van der Waals surface area (Å²) in [5.41, 5.74) is 3.67. The number of nitrogens with one attached hydrogen (secondary N) is 1. The molecule has 9 heteroatoms. The zero-order valence-electron chi connectivity index (χ0n) is 19.7. The molecule has 1 atom stereocenters. The summed E-state index contributed by atoms with van der Waals surface area (Å²) in [7, 11) is -2.31. The molecule has 3 N–H and O–H groups in total. The molecule has 35 heavy (non-hydrogen) atoms. The van der Waals surface area contributed by atoms with Crippen molar-refractivity contribution in [3.05, 3.63) is 59.1 Å². The van der Waals surface area contributed by atoms with Gasteiger partial charge in [-0.2, -0.15) is 5.26 Å². The Hall–Kier alpha value is -3.16. The summed E-state index contributed by atoms with van der Waals surface area (Å²) < 4.78 is 28.9. The Bertz CT molecular complexity index is 1380. The zero-order chi connectivity index (χ0) is 25.0. The smallest absolute Gasteiger partial charge is 0.250 e. The fourth-order valence-corrected chi connectivity index (χ4v) is 5.32. The van der Waals surface area contributed by atoms with Gasteiger partial charge in [0.2, 0.25) is 0 Å². The highest BCUT2D eigenvalue weighted by molar-refractivity contribution is 7.93. The minimum absolute atomic E-state index is 0.382. The molecular formula is C26H30N4O4S. The van der Waals surface area contributed by atoms with Gasteiger partial charge in [-0.3, -0.25) is 0 Å². The Balaban J connectivity index is 1.60. The lowest BCUT2D eigenvalue weighted by Crippen LogP contribution is -2.34. The van der Waals surface area contributed by atoms with E-state index in [-0.39, 0.29) is 6.54 Å². The minimum atomic E-state index is -4.13. The van der Waals surface area contributed by atoms with Crippen molar-refractivity contribution in [2.75, 3.05) is 31.1 Å². The molecule has 0 saturated carbocycles. The predicted molar refractivity (Wildman–Crippen MR) is 138 cm³/mol. The quantitative estimate of drug-likeness (QED) is 0.414. The molecular weight excluding hydrogens is 464 g/mol. The van der Waals surface area contributed by atoms with Crippen molar-refractivity contribution in [1.82, 2.24) is 9.29 Å². The second-order valence-electron chi connectivity index (χ2n) is 8.81. The molecule has 1 aliphatic heterocycles. The summed E-state index contributed by atoms with van der Waals surface area (Å²) in [5, 5.41) is 30.0. The van der Waals surface area contributed by atoms with Crippen molar-refractivity contribution in [2.24, 2.45) is 7.05 Å². The van der Waals surface area contributed by atoms with Crippen molar-refractivity contribution in [3.63, 3.8) is 0 Å². The molecule has 2 aromatic carbocycles. The van der Waals surface area contributed by atoms with Crippen LogP contribution in [0.25, 0.3) is 28.1 Å². The molecule has 1 fully saturated rings. The zero-order valence-corrected chi connectivity index (χ0v) is 20.5. The van der Waals surface area contributed by atoms with E-state index in [9.17, 15) is 18.8 Å². The molecule has 184 valence electrons. The number of aliphatic hydroxyl groups is 2. The van der Waals surface area contributed by atoms with Gasteiger partial charge in [-0.25, -0.2) is 13.1 Å². The van der Waals surface area contributed by atoms with E-state index in [0.717, 1.165) is 29.7 Å². The average Bonchev–Trinajstić information content (AvgIpc) is 3.25. The van der Waals surface area contributed by atoms with E-state index in [1.165, 1.54) is 36.4 Å². The Morgan fingerprint density at radius 2 is 1.83 bits per heavy atom. The maximum atomic E-state index is 12.5. The molecule has 0 bridgehead atoms. The fraction of sp³-hybridized carbons (Fsp3) is 0.346. The minimum Gasteiger partial charge on any atom is -0.394 e. The highest BCUT2D eigenvalue weighted by atomic mass is 32.2. The topological polar surface area (TPSA) is 119 Å². The summed E-state index contributed by atoms with van der Waals surface area (Å²) in [5.74, 6) is 0. The molecule has 1 unspecified atom stereocenters. The number of hydrogen-bond donors (Lipinski definition) is 3. The lowest BCUT2D eigenvalue weighted by molar-refractivity contribution is 0.0989. The lowest BCUT2D eigenvalue weighted by Gasteiger charge is -2.29. The first-order chi connectivity index (χ1) is 16.8. The van der Waals surface area contributed by atoms with Gasteiger partial charge in [0, 0.05) is 43.8 Å². The van der Waals surface area contributed by atoms with Crippen LogP contribution in [-0.2, 0) is 17.1 Å². The van der Waals surface area contributed by atoms with Crippen molar-refractivity contribution in [1.29, 1.82) is 5.26 Å². The molecule has 0 spiro atoms. The number of allylic oxidation sites excluding steroid dienone is 1. The Morgan fingerprint density at radius 1 is 1.11 bits per heavy atom. The monoisotopic (exact) mass is 494 g/mol. The third-order valence-electron chi connectivity index (χ3n) is 6.40. The number of nitrogens with zero attached hydrogens (tertiary/aromatic N) is 3. The molecule has 0 aliphatic carbocycles. The summed E-state index contributed by atoms with van der Waals surface area (Å²) in [4.78, 5) is 1.96. The number of fused-ring (bicyclic) bond motifs is 1. The fourth-order valence-electron chi connectivity index (χ4n) is 4.36. The number of aliphatic hydroxyl groups excluding tert-OH is 2. The van der Waals surface area contributed by atoms with E-state index < -0.39 is 27.6 Å². The number of nitriles is 1. The number of benzene rings is 2. The molecule has 1 aliphatic rings. The number of aromatic nitrogens is 1. The molecule has 0 amide bonds. The van der Waals surface area contributed by atoms with Crippen LogP contribution in [-0.4, -0.2) is 55.5 Å². The summed E-state index contributed by atoms with van der Waals surface area (Å²) in [6, 6.07) is 18.2. The van der Waals surface area contributed by atoms with E-state index in [1.807, 2.05) is 23.7 Å². The highest BCUT2D eigenvalue weighted by Crippen LogP contribution is 2.30. The summed E-state index contributed by atoms with van der Waals surface area (Å²) in [6.07, 6.45) is 3.82. The van der Waals surface area contributed by atoms with Gasteiger partial charge in [0.1, 0.15) is 6.07 Å². The second-order valence-corrected chi connectivity index (χ2v) is 10.5. The van der Waals surface area contributed by atoms with E-state index in [4.69, 9.17) is 5.11 Å². The number of rotatable bonds is 8. The molecule has 2 heterocycles. The number of piperidine rings is 1. The maximum absolute atomic E-state index is 12.5. The summed E-state index contributed by atoms with van der Waals surface area (Å²) >= 11 is 0. The maximum Gasteiger partial charge on any atom is 0.250 e. The first-order valence-corrected chi connectivity index (χ1v) is 13.2.